The summed E-state index contributed by atoms with van der Waals surface area (Å²) in [5.74, 6) is 1.07. The smallest absolute Gasteiger partial charge is 0.225 e. The van der Waals surface area contributed by atoms with Gasteiger partial charge < -0.3 is 4.74 Å². The molecule has 5 aromatic rings. The summed E-state index contributed by atoms with van der Waals surface area (Å²) < 4.78 is 6.38. The number of nitrogens with zero attached hydrogens (tertiary/aromatic N) is 2. The monoisotopic (exact) mass is 484 g/mol. The van der Waals surface area contributed by atoms with Gasteiger partial charge in [0.15, 0.2) is 5.84 Å². The number of rotatable bonds is 5. The molecule has 0 aliphatic carbocycles. The fraction of sp³-hybridized carbons (Fsp3) is 0.0303. The highest BCUT2D eigenvalue weighted by Crippen LogP contribution is 2.29. The van der Waals surface area contributed by atoms with Gasteiger partial charge in [-0.25, -0.2) is 4.99 Å². The quantitative estimate of drug-likeness (QED) is 0.302. The number of ether oxygens (including phenoxy) is 1. The largest absolute Gasteiger partial charge is 0.447 e. The maximum Gasteiger partial charge on any atom is 0.225 e. The lowest BCUT2D eigenvalue weighted by molar-refractivity contribution is 0.199. The van der Waals surface area contributed by atoms with Crippen LogP contribution < -0.4 is 10.9 Å². The Hall–Kier alpha value is -4.63. The van der Waals surface area contributed by atoms with E-state index in [1.54, 1.807) is 6.07 Å². The van der Waals surface area contributed by atoms with Gasteiger partial charge in [0.2, 0.25) is 12.1 Å². The standard InChI is InChI=1S/C33H22B2N2O/c34-29-19-28(20-30(35)21-29)33-37-31(26-15-7-13-24(17-26)22-9-3-1-4-10-22)36-32(38-33)27-16-8-14-25(18-27)23-11-5-2-6-12-23/h1-21,33H. The fourth-order valence-corrected chi connectivity index (χ4v) is 4.58. The molecule has 4 radical (unpaired) electrons. The van der Waals surface area contributed by atoms with Crippen molar-refractivity contribution in [2.45, 2.75) is 6.23 Å². The van der Waals surface area contributed by atoms with Gasteiger partial charge in [-0.05, 0) is 40.5 Å². The molecule has 0 saturated heterocycles. The van der Waals surface area contributed by atoms with Crippen LogP contribution in [-0.4, -0.2) is 27.4 Å². The molecular formula is C33H22B2N2O. The second kappa shape index (κ2) is 10.4. The lowest BCUT2D eigenvalue weighted by Crippen LogP contribution is -2.23. The van der Waals surface area contributed by atoms with Crippen molar-refractivity contribution < 1.29 is 4.74 Å². The Labute approximate surface area is 225 Å². The number of benzene rings is 5. The molecule has 1 atom stereocenters. The average molecular weight is 484 g/mol. The second-order valence-corrected chi connectivity index (χ2v) is 9.17. The average Bonchev–Trinajstić information content (AvgIpc) is 2.97. The highest BCUT2D eigenvalue weighted by molar-refractivity contribution is 6.37. The third kappa shape index (κ3) is 5.09. The van der Waals surface area contributed by atoms with E-state index in [4.69, 9.17) is 30.4 Å². The van der Waals surface area contributed by atoms with Crippen molar-refractivity contribution in [2.75, 3.05) is 0 Å². The van der Waals surface area contributed by atoms with E-state index < -0.39 is 6.23 Å². The molecule has 176 valence electrons. The van der Waals surface area contributed by atoms with Gasteiger partial charge in [0, 0.05) is 16.7 Å². The van der Waals surface area contributed by atoms with Gasteiger partial charge in [-0.15, -0.1) is 0 Å². The summed E-state index contributed by atoms with van der Waals surface area (Å²) in [6.07, 6.45) is -0.649. The lowest BCUT2D eigenvalue weighted by Gasteiger charge is -2.23. The highest BCUT2D eigenvalue weighted by Gasteiger charge is 2.24. The molecule has 1 heterocycles. The van der Waals surface area contributed by atoms with Crippen molar-refractivity contribution in [3.05, 3.63) is 144 Å². The Morgan fingerprint density at radius 2 is 1.00 bits per heavy atom. The molecule has 0 N–H and O–H groups in total. The Kier molecular flexibility index (Phi) is 6.49. The Morgan fingerprint density at radius 1 is 0.500 bits per heavy atom. The summed E-state index contributed by atoms with van der Waals surface area (Å²) in [6.45, 7) is 0. The van der Waals surface area contributed by atoms with Gasteiger partial charge in [-0.1, -0.05) is 120 Å². The molecule has 38 heavy (non-hydrogen) atoms. The zero-order chi connectivity index (χ0) is 25.9. The van der Waals surface area contributed by atoms with Gasteiger partial charge in [-0.3, -0.25) is 0 Å². The molecule has 3 nitrogen and oxygen atoms in total. The van der Waals surface area contributed by atoms with Crippen LogP contribution in [0.15, 0.2) is 137 Å². The van der Waals surface area contributed by atoms with E-state index in [1.807, 2.05) is 72.8 Å². The maximum absolute atomic E-state index is 6.38. The van der Waals surface area contributed by atoms with Crippen molar-refractivity contribution in [3.8, 4) is 22.3 Å². The molecule has 0 fully saturated rings. The number of aliphatic imine (C=N–C) groups is 2. The van der Waals surface area contributed by atoms with E-state index in [0.717, 1.165) is 38.9 Å². The first-order valence-electron chi connectivity index (χ1n) is 12.4. The minimum Gasteiger partial charge on any atom is -0.447 e. The van der Waals surface area contributed by atoms with E-state index in [-0.39, 0.29) is 0 Å². The molecule has 0 saturated carbocycles. The maximum atomic E-state index is 6.38. The third-order valence-electron chi connectivity index (χ3n) is 6.40. The van der Waals surface area contributed by atoms with E-state index in [2.05, 4.69) is 48.5 Å². The predicted octanol–water partition coefficient (Wildman–Crippen LogP) is 5.53. The third-order valence-corrected chi connectivity index (χ3v) is 6.40. The lowest BCUT2D eigenvalue weighted by atomic mass is 9.85. The fourth-order valence-electron chi connectivity index (χ4n) is 4.58. The molecule has 5 aromatic carbocycles. The number of hydrogen-bond acceptors (Lipinski definition) is 3. The first kappa shape index (κ1) is 23.7. The Morgan fingerprint density at radius 3 is 1.61 bits per heavy atom. The van der Waals surface area contributed by atoms with Gasteiger partial charge >= 0.3 is 0 Å². The van der Waals surface area contributed by atoms with Crippen LogP contribution in [0.5, 0.6) is 0 Å². The molecule has 0 bridgehead atoms. The van der Waals surface area contributed by atoms with Crippen molar-refractivity contribution in [1.82, 2.24) is 0 Å². The van der Waals surface area contributed by atoms with Crippen LogP contribution in [0.4, 0.5) is 0 Å². The van der Waals surface area contributed by atoms with Crippen molar-refractivity contribution in [1.29, 1.82) is 0 Å². The predicted molar refractivity (Wildman–Crippen MR) is 158 cm³/mol. The summed E-state index contributed by atoms with van der Waals surface area (Å²) in [7, 11) is 12.2. The Bertz CT molecular complexity index is 1640. The number of amidine groups is 1. The first-order valence-corrected chi connectivity index (χ1v) is 12.4. The first-order chi connectivity index (χ1) is 18.6. The minimum absolute atomic E-state index is 0.490. The van der Waals surface area contributed by atoms with Crippen LogP contribution >= 0.6 is 0 Å². The SMILES string of the molecule is [B]c1cc([B])cc(C2N=C(c3cccc(-c4ccccc4)c3)N=C(c3cccc(-c4ccccc4)c3)O2)c1. The van der Waals surface area contributed by atoms with E-state index in [1.165, 1.54) is 0 Å². The molecule has 6 rings (SSSR count). The van der Waals surface area contributed by atoms with Crippen LogP contribution in [-0.2, 0) is 4.74 Å². The summed E-state index contributed by atoms with van der Waals surface area (Å²) in [5.41, 5.74) is 8.05. The summed E-state index contributed by atoms with van der Waals surface area (Å²) in [6, 6.07) is 42.3. The topological polar surface area (TPSA) is 34.0 Å². The van der Waals surface area contributed by atoms with Crippen molar-refractivity contribution in [2.24, 2.45) is 9.98 Å². The zero-order valence-corrected chi connectivity index (χ0v) is 20.7. The Balaban J connectivity index is 1.45. The summed E-state index contributed by atoms with van der Waals surface area (Å²) in [4.78, 5) is 9.79. The highest BCUT2D eigenvalue weighted by atomic mass is 16.5. The van der Waals surface area contributed by atoms with E-state index >= 15 is 0 Å². The normalized spacial score (nSPS) is 14.8. The van der Waals surface area contributed by atoms with E-state index in [0.29, 0.717) is 22.7 Å². The summed E-state index contributed by atoms with van der Waals surface area (Å²) >= 11 is 0. The van der Waals surface area contributed by atoms with Crippen LogP contribution in [0.2, 0.25) is 0 Å². The molecule has 0 spiro atoms. The van der Waals surface area contributed by atoms with Crippen LogP contribution in [0, 0.1) is 0 Å². The van der Waals surface area contributed by atoms with E-state index in [9.17, 15) is 0 Å². The minimum atomic E-state index is -0.649. The van der Waals surface area contributed by atoms with Gasteiger partial charge in [-0.2, -0.15) is 4.99 Å². The molecule has 1 aliphatic heterocycles. The zero-order valence-electron chi connectivity index (χ0n) is 20.7. The molecule has 0 aromatic heterocycles. The van der Waals surface area contributed by atoms with Gasteiger partial charge in [0.1, 0.15) is 15.7 Å². The van der Waals surface area contributed by atoms with Crippen LogP contribution in [0.25, 0.3) is 22.3 Å². The van der Waals surface area contributed by atoms with Crippen molar-refractivity contribution >= 4 is 38.4 Å². The molecule has 1 unspecified atom stereocenters. The molecule has 5 heteroatoms. The second-order valence-electron chi connectivity index (χ2n) is 9.17. The van der Waals surface area contributed by atoms with Crippen LogP contribution in [0.3, 0.4) is 0 Å². The molecular weight excluding hydrogens is 462 g/mol. The number of hydrogen-bond donors (Lipinski definition) is 0. The summed E-state index contributed by atoms with van der Waals surface area (Å²) in [5, 5.41) is 0. The molecule has 0 amide bonds. The molecule has 1 aliphatic rings. The van der Waals surface area contributed by atoms with Crippen molar-refractivity contribution in [3.63, 3.8) is 0 Å². The van der Waals surface area contributed by atoms with Gasteiger partial charge in [0.05, 0.1) is 0 Å². The van der Waals surface area contributed by atoms with Gasteiger partial charge in [0.25, 0.3) is 0 Å². The van der Waals surface area contributed by atoms with Crippen LogP contribution in [0.1, 0.15) is 22.9 Å².